The lowest BCUT2D eigenvalue weighted by Gasteiger charge is -2.42. The maximum absolute atomic E-state index is 12.7. The first kappa shape index (κ1) is 16.1. The molecule has 5 nitrogen and oxygen atoms in total. The van der Waals surface area contributed by atoms with Crippen molar-refractivity contribution in [3.63, 3.8) is 0 Å². The number of hydrogen-bond acceptors (Lipinski definition) is 2. The fourth-order valence-corrected chi connectivity index (χ4v) is 3.68. The van der Waals surface area contributed by atoms with Crippen molar-refractivity contribution < 1.29 is 14.7 Å². The van der Waals surface area contributed by atoms with Gasteiger partial charge in [0.1, 0.15) is 0 Å². The molecule has 2 fully saturated rings. The lowest BCUT2D eigenvalue weighted by atomic mass is 9.92. The van der Waals surface area contributed by atoms with E-state index in [1.165, 1.54) is 0 Å². The average Bonchev–Trinajstić information content (AvgIpc) is 2.45. The van der Waals surface area contributed by atoms with Crippen molar-refractivity contribution in [1.82, 2.24) is 9.80 Å². The summed E-state index contributed by atoms with van der Waals surface area (Å²) in [6, 6.07) is 0.482. The van der Waals surface area contributed by atoms with E-state index in [1.807, 2.05) is 9.80 Å². The molecule has 0 radical (unpaired) electrons. The van der Waals surface area contributed by atoms with Gasteiger partial charge in [0.25, 0.3) is 0 Å². The summed E-state index contributed by atoms with van der Waals surface area (Å²) >= 11 is 0. The van der Waals surface area contributed by atoms with E-state index in [0.717, 1.165) is 45.3 Å². The minimum absolute atomic E-state index is 0.162. The molecule has 0 spiro atoms. The Morgan fingerprint density at radius 1 is 1.19 bits per heavy atom. The number of carbonyl (C=O) groups excluding carboxylic acids is 1. The van der Waals surface area contributed by atoms with Crippen molar-refractivity contribution >= 4 is 12.0 Å². The summed E-state index contributed by atoms with van der Waals surface area (Å²) in [4.78, 5) is 27.3. The van der Waals surface area contributed by atoms with Gasteiger partial charge in [-0.1, -0.05) is 6.92 Å². The van der Waals surface area contributed by atoms with Gasteiger partial charge in [-0.3, -0.25) is 4.79 Å². The van der Waals surface area contributed by atoms with Crippen molar-refractivity contribution in [2.45, 2.75) is 58.4 Å². The maximum Gasteiger partial charge on any atom is 0.320 e. The van der Waals surface area contributed by atoms with Crippen LogP contribution >= 0.6 is 0 Å². The second kappa shape index (κ2) is 7.14. The number of amides is 2. The highest BCUT2D eigenvalue weighted by Gasteiger charge is 2.32. The smallest absolute Gasteiger partial charge is 0.320 e. The molecule has 1 N–H and O–H groups in total. The third-order valence-corrected chi connectivity index (χ3v) is 4.94. The molecule has 0 aromatic carbocycles. The zero-order valence-corrected chi connectivity index (χ0v) is 13.3. The molecule has 0 saturated carbocycles. The number of piperidine rings is 2. The van der Waals surface area contributed by atoms with Crippen molar-refractivity contribution in [3.8, 4) is 0 Å². The van der Waals surface area contributed by atoms with Gasteiger partial charge >= 0.3 is 12.0 Å². The van der Waals surface area contributed by atoms with Crippen molar-refractivity contribution in [2.75, 3.05) is 19.6 Å². The molecule has 2 heterocycles. The first-order valence-electron chi connectivity index (χ1n) is 8.24. The second-order valence-corrected chi connectivity index (χ2v) is 6.84. The van der Waals surface area contributed by atoms with Gasteiger partial charge in [-0.2, -0.15) is 0 Å². The number of urea groups is 1. The largest absolute Gasteiger partial charge is 0.481 e. The molecule has 0 bridgehead atoms. The van der Waals surface area contributed by atoms with E-state index >= 15 is 0 Å². The third-order valence-electron chi connectivity index (χ3n) is 4.94. The zero-order chi connectivity index (χ0) is 15.4. The highest BCUT2D eigenvalue weighted by molar-refractivity contribution is 5.75. The van der Waals surface area contributed by atoms with Crippen LogP contribution < -0.4 is 0 Å². The molecule has 0 aromatic heterocycles. The molecule has 2 rings (SSSR count). The molecule has 21 heavy (non-hydrogen) atoms. The van der Waals surface area contributed by atoms with Crippen LogP contribution in [0.15, 0.2) is 0 Å². The number of carboxylic acid groups (broad SMARTS) is 1. The Hall–Kier alpha value is -1.26. The van der Waals surface area contributed by atoms with E-state index in [0.29, 0.717) is 24.3 Å². The summed E-state index contributed by atoms with van der Waals surface area (Å²) < 4.78 is 0. The first-order valence-corrected chi connectivity index (χ1v) is 8.24. The van der Waals surface area contributed by atoms with E-state index in [2.05, 4.69) is 13.8 Å². The molecule has 2 aliphatic heterocycles. The Bertz CT molecular complexity index is 386. The van der Waals surface area contributed by atoms with Crippen LogP contribution in [-0.4, -0.2) is 52.6 Å². The van der Waals surface area contributed by atoms with E-state index in [4.69, 9.17) is 5.11 Å². The second-order valence-electron chi connectivity index (χ2n) is 6.84. The van der Waals surface area contributed by atoms with Crippen LogP contribution in [0.2, 0.25) is 0 Å². The minimum atomic E-state index is -0.739. The number of aliphatic carboxylic acids is 1. The Kier molecular flexibility index (Phi) is 5.48. The van der Waals surface area contributed by atoms with Gasteiger partial charge in [-0.15, -0.1) is 0 Å². The Morgan fingerprint density at radius 2 is 1.95 bits per heavy atom. The number of hydrogen-bond donors (Lipinski definition) is 1. The van der Waals surface area contributed by atoms with Gasteiger partial charge in [0.05, 0.1) is 0 Å². The molecular weight excluding hydrogens is 268 g/mol. The molecule has 2 aliphatic rings. The van der Waals surface area contributed by atoms with Crippen LogP contribution in [0.5, 0.6) is 0 Å². The van der Waals surface area contributed by atoms with Gasteiger partial charge < -0.3 is 14.9 Å². The number of nitrogens with zero attached hydrogens (tertiary/aromatic N) is 2. The van der Waals surface area contributed by atoms with Crippen molar-refractivity contribution in [3.05, 3.63) is 0 Å². The molecule has 2 amide bonds. The van der Waals surface area contributed by atoms with Crippen LogP contribution in [0, 0.1) is 11.8 Å². The predicted molar refractivity (Wildman–Crippen MR) is 81.1 cm³/mol. The monoisotopic (exact) mass is 296 g/mol. The fourth-order valence-electron chi connectivity index (χ4n) is 3.68. The fraction of sp³-hybridized carbons (Fsp3) is 0.875. The minimum Gasteiger partial charge on any atom is -0.481 e. The topological polar surface area (TPSA) is 60.9 Å². The molecule has 2 saturated heterocycles. The van der Waals surface area contributed by atoms with E-state index in [-0.39, 0.29) is 12.5 Å². The number of rotatable bonds is 3. The Labute approximate surface area is 127 Å². The normalized spacial score (nSPS) is 30.3. The van der Waals surface area contributed by atoms with Gasteiger partial charge in [0, 0.05) is 32.1 Å². The van der Waals surface area contributed by atoms with Crippen molar-refractivity contribution in [1.29, 1.82) is 0 Å². The number of likely N-dealkylation sites (tertiary alicyclic amines) is 2. The van der Waals surface area contributed by atoms with E-state index in [9.17, 15) is 9.59 Å². The Morgan fingerprint density at radius 3 is 2.62 bits per heavy atom. The summed E-state index contributed by atoms with van der Waals surface area (Å²) in [7, 11) is 0. The zero-order valence-electron chi connectivity index (χ0n) is 13.3. The standard InChI is InChI=1S/C16H28N2O3/c1-12-7-9-18(13(2)10-12)16(21)17-8-3-4-14(11-17)5-6-15(19)20/h12-14H,3-11H2,1-2H3,(H,19,20). The highest BCUT2D eigenvalue weighted by atomic mass is 16.4. The summed E-state index contributed by atoms with van der Waals surface area (Å²) in [6.07, 6.45) is 5.11. The first-order chi connectivity index (χ1) is 9.97. The quantitative estimate of drug-likeness (QED) is 0.871. The lowest BCUT2D eigenvalue weighted by Crippen LogP contribution is -2.52. The third kappa shape index (κ3) is 4.35. The average molecular weight is 296 g/mol. The predicted octanol–water partition coefficient (Wildman–Crippen LogP) is 2.80. The number of carboxylic acids is 1. The summed E-state index contributed by atoms with van der Waals surface area (Å²) in [6.45, 7) is 6.80. The van der Waals surface area contributed by atoms with Gasteiger partial charge in [0.15, 0.2) is 0 Å². The summed E-state index contributed by atoms with van der Waals surface area (Å²) in [5.41, 5.74) is 0. The molecular formula is C16H28N2O3. The molecule has 3 unspecified atom stereocenters. The molecule has 0 aromatic rings. The van der Waals surface area contributed by atoms with Crippen LogP contribution in [0.3, 0.4) is 0 Å². The lowest BCUT2D eigenvalue weighted by molar-refractivity contribution is -0.137. The van der Waals surface area contributed by atoms with Crippen LogP contribution in [0.1, 0.15) is 52.4 Å². The van der Waals surface area contributed by atoms with Crippen molar-refractivity contribution in [2.24, 2.45) is 11.8 Å². The van der Waals surface area contributed by atoms with E-state index < -0.39 is 5.97 Å². The highest BCUT2D eigenvalue weighted by Crippen LogP contribution is 2.26. The SMILES string of the molecule is CC1CCN(C(=O)N2CCCC(CCC(=O)O)C2)C(C)C1. The molecule has 0 aliphatic carbocycles. The Balaban J connectivity index is 1.88. The van der Waals surface area contributed by atoms with Gasteiger partial charge in [-0.05, 0) is 50.9 Å². The molecule has 3 atom stereocenters. The van der Waals surface area contributed by atoms with Crippen LogP contribution in [0.25, 0.3) is 0 Å². The van der Waals surface area contributed by atoms with E-state index in [1.54, 1.807) is 0 Å². The van der Waals surface area contributed by atoms with Gasteiger partial charge in [-0.25, -0.2) is 4.79 Å². The summed E-state index contributed by atoms with van der Waals surface area (Å²) in [5.74, 6) is 0.309. The number of carbonyl (C=O) groups is 2. The molecule has 5 heteroatoms. The maximum atomic E-state index is 12.7. The summed E-state index contributed by atoms with van der Waals surface area (Å²) in [5, 5.41) is 8.79. The van der Waals surface area contributed by atoms with Gasteiger partial charge in [0.2, 0.25) is 0 Å². The molecule has 120 valence electrons. The van der Waals surface area contributed by atoms with Crippen LogP contribution in [-0.2, 0) is 4.79 Å². The van der Waals surface area contributed by atoms with Crippen LogP contribution in [0.4, 0.5) is 4.79 Å².